The Kier molecular flexibility index (Phi) is 1.66. The highest BCUT2D eigenvalue weighted by Crippen LogP contribution is 2.29. The van der Waals surface area contributed by atoms with E-state index in [0.717, 1.165) is 13.2 Å². The van der Waals surface area contributed by atoms with Crippen molar-refractivity contribution in [1.29, 1.82) is 0 Å². The third kappa shape index (κ3) is 1.06. The van der Waals surface area contributed by atoms with E-state index in [1.807, 2.05) is 0 Å². The van der Waals surface area contributed by atoms with E-state index in [1.54, 1.807) is 0 Å². The molecule has 0 aromatic heterocycles. The standard InChI is InChI=1S/C8H15NO/c1-2-8(3-5-9-8)4-7-10-6-1/h9H,1-7H2/t8-/m0/s1. The minimum Gasteiger partial charge on any atom is -0.381 e. The lowest BCUT2D eigenvalue weighted by molar-refractivity contribution is 0.122. The summed E-state index contributed by atoms with van der Waals surface area (Å²) < 4.78 is 5.39. The molecular formula is C8H15NO. The average molecular weight is 141 g/mol. The third-order valence-corrected chi connectivity index (χ3v) is 2.77. The van der Waals surface area contributed by atoms with E-state index in [9.17, 15) is 0 Å². The van der Waals surface area contributed by atoms with Crippen LogP contribution in [0.2, 0.25) is 0 Å². The Morgan fingerprint density at radius 3 is 2.70 bits per heavy atom. The first kappa shape index (κ1) is 6.62. The zero-order chi connectivity index (χ0) is 6.86. The molecule has 0 saturated carbocycles. The third-order valence-electron chi connectivity index (χ3n) is 2.77. The summed E-state index contributed by atoms with van der Waals surface area (Å²) in [5.41, 5.74) is 0.510. The first-order chi connectivity index (χ1) is 4.91. The van der Waals surface area contributed by atoms with Gasteiger partial charge < -0.3 is 10.1 Å². The van der Waals surface area contributed by atoms with Crippen molar-refractivity contribution >= 4 is 0 Å². The van der Waals surface area contributed by atoms with E-state index in [0.29, 0.717) is 5.54 Å². The summed E-state index contributed by atoms with van der Waals surface area (Å²) in [7, 11) is 0. The summed E-state index contributed by atoms with van der Waals surface area (Å²) in [6, 6.07) is 0. The largest absolute Gasteiger partial charge is 0.381 e. The van der Waals surface area contributed by atoms with Crippen LogP contribution in [0, 0.1) is 0 Å². The second kappa shape index (κ2) is 2.51. The van der Waals surface area contributed by atoms with Crippen LogP contribution >= 0.6 is 0 Å². The van der Waals surface area contributed by atoms with Gasteiger partial charge in [-0.3, -0.25) is 0 Å². The summed E-state index contributed by atoms with van der Waals surface area (Å²) in [4.78, 5) is 0. The first-order valence-electron chi connectivity index (χ1n) is 4.24. The number of rotatable bonds is 0. The molecule has 1 spiro atoms. The van der Waals surface area contributed by atoms with Crippen LogP contribution in [-0.4, -0.2) is 25.3 Å². The summed E-state index contributed by atoms with van der Waals surface area (Å²) in [6.45, 7) is 3.16. The van der Waals surface area contributed by atoms with E-state index >= 15 is 0 Å². The Bertz CT molecular complexity index is 110. The Hall–Kier alpha value is -0.0800. The molecular weight excluding hydrogens is 126 g/mol. The van der Waals surface area contributed by atoms with Crippen LogP contribution in [0.15, 0.2) is 0 Å². The van der Waals surface area contributed by atoms with Gasteiger partial charge >= 0.3 is 0 Å². The zero-order valence-electron chi connectivity index (χ0n) is 6.36. The summed E-state index contributed by atoms with van der Waals surface area (Å²) >= 11 is 0. The molecule has 2 aliphatic rings. The van der Waals surface area contributed by atoms with E-state index in [2.05, 4.69) is 5.32 Å². The predicted octanol–water partition coefficient (Wildman–Crippen LogP) is 0.919. The predicted molar refractivity (Wildman–Crippen MR) is 40.0 cm³/mol. The van der Waals surface area contributed by atoms with Gasteiger partial charge in [-0.05, 0) is 32.2 Å². The van der Waals surface area contributed by atoms with E-state index in [-0.39, 0.29) is 0 Å². The molecule has 0 bridgehead atoms. The highest BCUT2D eigenvalue weighted by molar-refractivity contribution is 4.96. The van der Waals surface area contributed by atoms with Gasteiger partial charge in [0.25, 0.3) is 0 Å². The van der Waals surface area contributed by atoms with Gasteiger partial charge in [0.2, 0.25) is 0 Å². The van der Waals surface area contributed by atoms with Crippen molar-refractivity contribution in [2.75, 3.05) is 19.8 Å². The Balaban J connectivity index is 1.92. The van der Waals surface area contributed by atoms with Gasteiger partial charge in [-0.2, -0.15) is 0 Å². The van der Waals surface area contributed by atoms with Crippen molar-refractivity contribution in [3.63, 3.8) is 0 Å². The second-order valence-electron chi connectivity index (χ2n) is 3.42. The van der Waals surface area contributed by atoms with Crippen LogP contribution in [0.25, 0.3) is 0 Å². The van der Waals surface area contributed by atoms with Crippen LogP contribution < -0.4 is 5.32 Å². The van der Waals surface area contributed by atoms with Crippen LogP contribution in [0.5, 0.6) is 0 Å². The van der Waals surface area contributed by atoms with E-state index in [4.69, 9.17) is 4.74 Å². The monoisotopic (exact) mass is 141 g/mol. The molecule has 2 saturated heterocycles. The zero-order valence-corrected chi connectivity index (χ0v) is 6.36. The van der Waals surface area contributed by atoms with Crippen molar-refractivity contribution in [3.8, 4) is 0 Å². The molecule has 2 aliphatic heterocycles. The number of ether oxygens (including phenoxy) is 1. The first-order valence-corrected chi connectivity index (χ1v) is 4.24. The maximum absolute atomic E-state index is 5.39. The lowest BCUT2D eigenvalue weighted by Gasteiger charge is -2.42. The molecule has 2 heterocycles. The Morgan fingerprint density at radius 2 is 2.00 bits per heavy atom. The summed E-state index contributed by atoms with van der Waals surface area (Å²) in [5.74, 6) is 0. The van der Waals surface area contributed by atoms with Gasteiger partial charge in [-0.25, -0.2) is 0 Å². The minimum absolute atomic E-state index is 0.510. The number of hydrogen-bond donors (Lipinski definition) is 1. The van der Waals surface area contributed by atoms with Crippen molar-refractivity contribution < 1.29 is 4.74 Å². The quantitative estimate of drug-likeness (QED) is 0.541. The SMILES string of the molecule is C1COCC[C@]2(C1)CCN2. The van der Waals surface area contributed by atoms with Crippen molar-refractivity contribution in [2.24, 2.45) is 0 Å². The maximum Gasteiger partial charge on any atom is 0.0483 e. The summed E-state index contributed by atoms with van der Waals surface area (Å²) in [6.07, 6.45) is 5.17. The van der Waals surface area contributed by atoms with Crippen LogP contribution in [-0.2, 0) is 4.74 Å². The maximum atomic E-state index is 5.39. The van der Waals surface area contributed by atoms with Crippen molar-refractivity contribution in [2.45, 2.75) is 31.2 Å². The fraction of sp³-hybridized carbons (Fsp3) is 1.00. The number of hydrogen-bond acceptors (Lipinski definition) is 2. The Morgan fingerprint density at radius 1 is 1.10 bits per heavy atom. The van der Waals surface area contributed by atoms with Crippen LogP contribution in [0.3, 0.4) is 0 Å². The fourth-order valence-corrected chi connectivity index (χ4v) is 1.91. The van der Waals surface area contributed by atoms with Gasteiger partial charge in [0, 0.05) is 18.8 Å². The topological polar surface area (TPSA) is 21.3 Å². The molecule has 0 aromatic carbocycles. The lowest BCUT2D eigenvalue weighted by Crippen LogP contribution is -2.56. The highest BCUT2D eigenvalue weighted by atomic mass is 16.5. The summed E-state index contributed by atoms with van der Waals surface area (Å²) in [5, 5.41) is 3.52. The molecule has 0 aliphatic carbocycles. The molecule has 2 fully saturated rings. The molecule has 2 heteroatoms. The van der Waals surface area contributed by atoms with E-state index in [1.165, 1.54) is 32.2 Å². The van der Waals surface area contributed by atoms with Gasteiger partial charge in [0.15, 0.2) is 0 Å². The molecule has 1 atom stereocenters. The highest BCUT2D eigenvalue weighted by Gasteiger charge is 2.36. The van der Waals surface area contributed by atoms with Crippen LogP contribution in [0.4, 0.5) is 0 Å². The number of nitrogens with one attached hydrogen (secondary N) is 1. The van der Waals surface area contributed by atoms with Gasteiger partial charge in [0.1, 0.15) is 0 Å². The molecule has 2 rings (SSSR count). The average Bonchev–Trinajstić information content (AvgIpc) is 2.08. The Labute approximate surface area is 61.9 Å². The molecule has 58 valence electrons. The van der Waals surface area contributed by atoms with Crippen LogP contribution in [0.1, 0.15) is 25.7 Å². The molecule has 0 radical (unpaired) electrons. The van der Waals surface area contributed by atoms with Gasteiger partial charge in [-0.15, -0.1) is 0 Å². The molecule has 0 aromatic rings. The minimum atomic E-state index is 0.510. The smallest absolute Gasteiger partial charge is 0.0483 e. The second-order valence-corrected chi connectivity index (χ2v) is 3.42. The molecule has 0 unspecified atom stereocenters. The molecule has 10 heavy (non-hydrogen) atoms. The van der Waals surface area contributed by atoms with E-state index < -0.39 is 0 Å². The van der Waals surface area contributed by atoms with Crippen molar-refractivity contribution in [3.05, 3.63) is 0 Å². The molecule has 0 amide bonds. The van der Waals surface area contributed by atoms with Gasteiger partial charge in [0.05, 0.1) is 0 Å². The molecule has 1 N–H and O–H groups in total. The fourth-order valence-electron chi connectivity index (χ4n) is 1.91. The van der Waals surface area contributed by atoms with Gasteiger partial charge in [-0.1, -0.05) is 0 Å². The normalized spacial score (nSPS) is 40.8. The molecule has 2 nitrogen and oxygen atoms in total. The van der Waals surface area contributed by atoms with Crippen molar-refractivity contribution in [1.82, 2.24) is 5.32 Å². The lowest BCUT2D eigenvalue weighted by atomic mass is 9.81.